The summed E-state index contributed by atoms with van der Waals surface area (Å²) in [7, 11) is 0. The number of hydrogen-bond donors (Lipinski definition) is 1. The normalized spacial score (nSPS) is 18.7. The molecule has 1 atom stereocenters. The van der Waals surface area contributed by atoms with E-state index in [9.17, 15) is 22.8 Å². The van der Waals surface area contributed by atoms with Gasteiger partial charge in [0.25, 0.3) is 0 Å². The quantitative estimate of drug-likeness (QED) is 0.295. The average Bonchev–Trinajstić information content (AvgIpc) is 2.86. The minimum atomic E-state index is -4.35. The number of pyridine rings is 2. The molecule has 0 saturated heterocycles. The van der Waals surface area contributed by atoms with Crippen LogP contribution >= 0.6 is 11.9 Å². The van der Waals surface area contributed by atoms with E-state index in [-0.39, 0.29) is 18.7 Å². The number of alkyl halides is 3. The molecule has 2 aromatic rings. The smallest absolute Gasteiger partial charge is 0.307 e. The lowest BCUT2D eigenvalue weighted by atomic mass is 9.98. The molecule has 0 aromatic carbocycles. The van der Waals surface area contributed by atoms with Gasteiger partial charge in [0.05, 0.1) is 35.8 Å². The van der Waals surface area contributed by atoms with Gasteiger partial charge in [0.2, 0.25) is 0 Å². The van der Waals surface area contributed by atoms with Crippen LogP contribution in [0.4, 0.5) is 23.2 Å². The molecule has 0 bridgehead atoms. The number of anilines is 1. The van der Waals surface area contributed by atoms with Gasteiger partial charge >= 0.3 is 6.18 Å². The van der Waals surface area contributed by atoms with Crippen LogP contribution in [-0.2, 0) is 0 Å². The van der Waals surface area contributed by atoms with Crippen molar-refractivity contribution in [1.82, 2.24) is 14.7 Å². The molecule has 0 aliphatic heterocycles. The van der Waals surface area contributed by atoms with E-state index in [1.165, 1.54) is 6.20 Å². The molecule has 0 spiro atoms. The van der Waals surface area contributed by atoms with Crippen LogP contribution in [0.3, 0.4) is 0 Å². The highest BCUT2D eigenvalue weighted by atomic mass is 32.2. The fraction of sp³-hybridized carbons (Fsp3) is 0.269. The Labute approximate surface area is 212 Å². The Kier molecular flexibility index (Phi) is 9.07. The van der Waals surface area contributed by atoms with Crippen LogP contribution in [0.1, 0.15) is 38.8 Å². The zero-order valence-corrected chi connectivity index (χ0v) is 20.6. The third-order valence-corrected chi connectivity index (χ3v) is 6.43. The van der Waals surface area contributed by atoms with Gasteiger partial charge in [0.1, 0.15) is 11.9 Å². The minimum Gasteiger partial charge on any atom is -0.307 e. The van der Waals surface area contributed by atoms with Crippen molar-refractivity contribution in [3.8, 4) is 6.07 Å². The van der Waals surface area contributed by atoms with Crippen LogP contribution in [0, 0.1) is 11.3 Å². The fourth-order valence-electron chi connectivity index (χ4n) is 3.34. The van der Waals surface area contributed by atoms with E-state index in [0.717, 1.165) is 18.9 Å². The first kappa shape index (κ1) is 27.2. The molecule has 1 aliphatic rings. The lowest BCUT2D eigenvalue weighted by Gasteiger charge is -2.31. The third-order valence-electron chi connectivity index (χ3n) is 5.48. The zero-order chi connectivity index (χ0) is 26.3. The van der Waals surface area contributed by atoms with E-state index in [0.29, 0.717) is 45.2 Å². The summed E-state index contributed by atoms with van der Waals surface area (Å²) in [6, 6.07) is 7.36. The van der Waals surface area contributed by atoms with Crippen molar-refractivity contribution in [2.45, 2.75) is 50.2 Å². The molecule has 1 unspecified atom stereocenters. The molecule has 188 valence electrons. The molecule has 0 saturated carbocycles. The fourth-order valence-corrected chi connectivity index (χ4v) is 4.03. The Balaban J connectivity index is 1.96. The van der Waals surface area contributed by atoms with Gasteiger partial charge in [0.15, 0.2) is 0 Å². The lowest BCUT2D eigenvalue weighted by molar-refractivity contribution is -0.146. The molecule has 0 radical (unpaired) electrons. The van der Waals surface area contributed by atoms with E-state index in [1.54, 1.807) is 43.6 Å². The van der Waals surface area contributed by atoms with Crippen molar-refractivity contribution in [1.29, 1.82) is 5.26 Å². The van der Waals surface area contributed by atoms with Gasteiger partial charge in [-0.1, -0.05) is 18.7 Å². The molecule has 2 aromatic heterocycles. The summed E-state index contributed by atoms with van der Waals surface area (Å²) in [6.07, 6.45) is 4.43. The van der Waals surface area contributed by atoms with E-state index in [2.05, 4.69) is 27.3 Å². The standard InChI is InChI=1S/C26H25F4N5S/c1-17-6-11-25(20(12-13-31)7-9-23(17)27)35(21-5-4-14-32-15-21)18(2)24-10-8-22(16-33-24)36-34-19(3)26(28,29)30/h4-5,7-8,10-11,14-16,19,34H,2,6,9,12H2,1,3H3/b20-7?,23-17+,25-11+. The Morgan fingerprint density at radius 1 is 1.25 bits per heavy atom. The highest BCUT2D eigenvalue weighted by Crippen LogP contribution is 2.35. The number of nitrogens with zero attached hydrogens (tertiary/aromatic N) is 4. The van der Waals surface area contributed by atoms with Gasteiger partial charge in [-0.3, -0.25) is 9.97 Å². The second kappa shape index (κ2) is 12.0. The molecule has 3 rings (SSSR count). The molecule has 5 nitrogen and oxygen atoms in total. The zero-order valence-electron chi connectivity index (χ0n) is 19.8. The molecule has 0 amide bonds. The minimum absolute atomic E-state index is 0.0638. The Morgan fingerprint density at radius 3 is 2.64 bits per heavy atom. The molecule has 0 fully saturated rings. The van der Waals surface area contributed by atoms with Crippen molar-refractivity contribution < 1.29 is 17.6 Å². The lowest BCUT2D eigenvalue weighted by Crippen LogP contribution is -2.35. The first-order chi connectivity index (χ1) is 17.1. The summed E-state index contributed by atoms with van der Waals surface area (Å²) < 4.78 is 55.0. The number of allylic oxidation sites excluding steroid dienone is 5. The van der Waals surface area contributed by atoms with Crippen LogP contribution in [0.5, 0.6) is 0 Å². The van der Waals surface area contributed by atoms with Crippen molar-refractivity contribution in [2.75, 3.05) is 4.90 Å². The van der Waals surface area contributed by atoms with E-state index in [1.807, 2.05) is 17.0 Å². The summed E-state index contributed by atoms with van der Waals surface area (Å²) in [5.74, 6) is -0.226. The second-order valence-corrected chi connectivity index (χ2v) is 9.01. The summed E-state index contributed by atoms with van der Waals surface area (Å²) in [5, 5.41) is 9.43. The Bertz CT molecular complexity index is 1210. The predicted molar refractivity (Wildman–Crippen MR) is 134 cm³/mol. The molecular weight excluding hydrogens is 490 g/mol. The topological polar surface area (TPSA) is 64.8 Å². The highest BCUT2D eigenvalue weighted by Gasteiger charge is 2.35. The average molecular weight is 516 g/mol. The first-order valence-electron chi connectivity index (χ1n) is 11.1. The van der Waals surface area contributed by atoms with Gasteiger partial charge < -0.3 is 4.90 Å². The van der Waals surface area contributed by atoms with Crippen LogP contribution in [0.25, 0.3) is 5.70 Å². The van der Waals surface area contributed by atoms with Gasteiger partial charge in [-0.25, -0.2) is 9.11 Å². The van der Waals surface area contributed by atoms with E-state index < -0.39 is 12.2 Å². The van der Waals surface area contributed by atoms with Gasteiger partial charge in [-0.05, 0) is 67.6 Å². The van der Waals surface area contributed by atoms with E-state index in [4.69, 9.17) is 0 Å². The predicted octanol–water partition coefficient (Wildman–Crippen LogP) is 7.26. The van der Waals surface area contributed by atoms with Crippen molar-refractivity contribution in [3.63, 3.8) is 0 Å². The number of nitriles is 1. The number of rotatable bonds is 8. The number of halogens is 4. The molecule has 2 heterocycles. The Morgan fingerprint density at radius 2 is 2.03 bits per heavy atom. The van der Waals surface area contributed by atoms with Gasteiger partial charge in [-0.2, -0.15) is 18.4 Å². The van der Waals surface area contributed by atoms with Crippen LogP contribution in [-0.4, -0.2) is 22.2 Å². The maximum Gasteiger partial charge on any atom is 0.404 e. The molecular formula is C26H25F4N5S. The van der Waals surface area contributed by atoms with E-state index >= 15 is 0 Å². The number of hydrogen-bond acceptors (Lipinski definition) is 6. The Hall–Kier alpha value is -3.42. The number of nitrogens with one attached hydrogen (secondary N) is 1. The summed E-state index contributed by atoms with van der Waals surface area (Å²) >= 11 is 0.838. The largest absolute Gasteiger partial charge is 0.404 e. The second-order valence-electron chi connectivity index (χ2n) is 8.10. The van der Waals surface area contributed by atoms with Crippen LogP contribution in [0.15, 0.2) is 89.2 Å². The maximum atomic E-state index is 14.3. The van der Waals surface area contributed by atoms with Crippen molar-refractivity contribution in [3.05, 3.63) is 90.0 Å². The molecule has 1 aliphatic carbocycles. The van der Waals surface area contributed by atoms with Crippen LogP contribution in [0.2, 0.25) is 0 Å². The summed E-state index contributed by atoms with van der Waals surface area (Å²) in [5.41, 5.74) is 3.52. The molecule has 36 heavy (non-hydrogen) atoms. The van der Waals surface area contributed by atoms with Gasteiger partial charge in [-0.15, -0.1) is 0 Å². The monoisotopic (exact) mass is 515 g/mol. The SMILES string of the molecule is C=C(c1ccc(SNC(C)C(F)(F)F)cn1)N(/C1=C/C/C(C)=C(/F)CC=C1CC#N)c1cccnc1. The molecule has 1 N–H and O–H groups in total. The highest BCUT2D eigenvalue weighted by molar-refractivity contribution is 7.97. The number of aromatic nitrogens is 2. The third kappa shape index (κ3) is 6.83. The maximum absolute atomic E-state index is 14.3. The summed E-state index contributed by atoms with van der Waals surface area (Å²) in [4.78, 5) is 10.9. The van der Waals surface area contributed by atoms with Crippen molar-refractivity contribution in [2.24, 2.45) is 0 Å². The van der Waals surface area contributed by atoms with Crippen molar-refractivity contribution >= 4 is 23.3 Å². The molecule has 10 heteroatoms. The first-order valence-corrected chi connectivity index (χ1v) is 11.9. The summed E-state index contributed by atoms with van der Waals surface area (Å²) in [6.45, 7) is 6.99. The van der Waals surface area contributed by atoms with Gasteiger partial charge in [0, 0.05) is 29.4 Å². The van der Waals surface area contributed by atoms with Crippen LogP contribution < -0.4 is 9.62 Å².